The maximum Gasteiger partial charge on any atom is 0.257 e. The average Bonchev–Trinajstić information content (AvgIpc) is 3.26. The monoisotopic (exact) mass is 402 g/mol. The number of nitrogens with zero attached hydrogens (tertiary/aromatic N) is 3. The van der Waals surface area contributed by atoms with Crippen molar-refractivity contribution < 1.29 is 9.53 Å². The molecule has 6 heteroatoms. The lowest BCUT2D eigenvalue weighted by molar-refractivity contribution is 0.102. The van der Waals surface area contributed by atoms with Crippen LogP contribution in [0.15, 0.2) is 72.9 Å². The summed E-state index contributed by atoms with van der Waals surface area (Å²) < 4.78 is 5.67. The van der Waals surface area contributed by atoms with Gasteiger partial charge in [0, 0.05) is 42.8 Å². The van der Waals surface area contributed by atoms with Crippen LogP contribution in [0.4, 0.5) is 11.4 Å². The van der Waals surface area contributed by atoms with E-state index in [0.29, 0.717) is 23.2 Å². The maximum absolute atomic E-state index is 12.5. The first-order chi connectivity index (χ1) is 14.6. The van der Waals surface area contributed by atoms with Gasteiger partial charge < -0.3 is 19.9 Å². The molecule has 2 aromatic carbocycles. The number of ether oxygens (including phenoxy) is 1. The highest BCUT2D eigenvalue weighted by molar-refractivity contribution is 6.04. The minimum atomic E-state index is -0.199. The summed E-state index contributed by atoms with van der Waals surface area (Å²) in [5, 5.41) is 2.93. The van der Waals surface area contributed by atoms with E-state index in [4.69, 9.17) is 4.74 Å². The van der Waals surface area contributed by atoms with Gasteiger partial charge >= 0.3 is 0 Å². The number of hydrogen-bond acceptors (Lipinski definition) is 5. The summed E-state index contributed by atoms with van der Waals surface area (Å²) in [5.41, 5.74) is 2.42. The molecule has 1 unspecified atom stereocenters. The Morgan fingerprint density at radius 1 is 1.07 bits per heavy atom. The zero-order chi connectivity index (χ0) is 20.9. The molecule has 0 saturated carbocycles. The highest BCUT2D eigenvalue weighted by atomic mass is 16.5. The van der Waals surface area contributed by atoms with Gasteiger partial charge in [0.25, 0.3) is 5.91 Å². The molecule has 1 fully saturated rings. The van der Waals surface area contributed by atoms with Gasteiger partial charge in [0.1, 0.15) is 5.75 Å². The molecule has 1 aliphatic rings. The molecule has 0 spiro atoms. The summed E-state index contributed by atoms with van der Waals surface area (Å²) in [5.74, 6) is 0.955. The Bertz CT molecular complexity index is 972. The minimum absolute atomic E-state index is 0.199. The summed E-state index contributed by atoms with van der Waals surface area (Å²) in [6, 6.07) is 21.4. The number of aromatic nitrogens is 1. The van der Waals surface area contributed by atoms with Crippen molar-refractivity contribution in [2.24, 2.45) is 0 Å². The van der Waals surface area contributed by atoms with Crippen LogP contribution in [0.25, 0.3) is 0 Å². The number of amides is 1. The van der Waals surface area contributed by atoms with E-state index in [2.05, 4.69) is 46.3 Å². The standard InChI is InChI=1S/C24H26N4O2/c1-27(2)21-14-15-28(17-21)20-11-9-19(10-12-20)26-24(29)18-8-13-23(25-16-18)30-22-6-4-3-5-7-22/h3-13,16,21H,14-15,17H2,1-2H3,(H,26,29). The average molecular weight is 402 g/mol. The van der Waals surface area contributed by atoms with Gasteiger partial charge in [-0.3, -0.25) is 4.79 Å². The van der Waals surface area contributed by atoms with Crippen molar-refractivity contribution >= 4 is 17.3 Å². The van der Waals surface area contributed by atoms with Crippen LogP contribution in [0.2, 0.25) is 0 Å². The number of likely N-dealkylation sites (N-methyl/N-ethyl adjacent to an activating group) is 1. The van der Waals surface area contributed by atoms with Crippen LogP contribution in [0.1, 0.15) is 16.8 Å². The summed E-state index contributed by atoms with van der Waals surface area (Å²) in [4.78, 5) is 21.4. The lowest BCUT2D eigenvalue weighted by atomic mass is 10.2. The van der Waals surface area contributed by atoms with Gasteiger partial charge in [-0.25, -0.2) is 4.98 Å². The highest BCUT2D eigenvalue weighted by Gasteiger charge is 2.23. The van der Waals surface area contributed by atoms with Crippen molar-refractivity contribution in [1.82, 2.24) is 9.88 Å². The molecule has 6 nitrogen and oxygen atoms in total. The largest absolute Gasteiger partial charge is 0.439 e. The molecule has 2 heterocycles. The normalized spacial score (nSPS) is 16.0. The lowest BCUT2D eigenvalue weighted by Crippen LogP contribution is -2.31. The summed E-state index contributed by atoms with van der Waals surface area (Å²) in [7, 11) is 4.25. The zero-order valence-corrected chi connectivity index (χ0v) is 17.3. The van der Waals surface area contributed by atoms with Gasteiger partial charge in [0.2, 0.25) is 5.88 Å². The SMILES string of the molecule is CN(C)C1CCN(c2ccc(NC(=O)c3ccc(Oc4ccccc4)nc3)cc2)C1. The Hall–Kier alpha value is -3.38. The van der Waals surface area contributed by atoms with Crippen LogP contribution >= 0.6 is 0 Å². The van der Waals surface area contributed by atoms with E-state index in [-0.39, 0.29) is 5.91 Å². The molecule has 1 amide bonds. The van der Waals surface area contributed by atoms with Crippen LogP contribution < -0.4 is 15.0 Å². The molecule has 154 valence electrons. The first kappa shape index (κ1) is 19.9. The Morgan fingerprint density at radius 3 is 2.47 bits per heavy atom. The van der Waals surface area contributed by atoms with Crippen LogP contribution in [0.5, 0.6) is 11.6 Å². The van der Waals surface area contributed by atoms with E-state index in [1.807, 2.05) is 42.5 Å². The Morgan fingerprint density at radius 2 is 1.83 bits per heavy atom. The maximum atomic E-state index is 12.5. The number of nitrogens with one attached hydrogen (secondary N) is 1. The van der Waals surface area contributed by atoms with E-state index in [1.165, 1.54) is 18.3 Å². The van der Waals surface area contributed by atoms with Gasteiger partial charge in [0.05, 0.1) is 5.56 Å². The second kappa shape index (κ2) is 8.97. The first-order valence-electron chi connectivity index (χ1n) is 10.1. The lowest BCUT2D eigenvalue weighted by Gasteiger charge is -2.22. The molecule has 0 bridgehead atoms. The minimum Gasteiger partial charge on any atom is -0.439 e. The third-order valence-corrected chi connectivity index (χ3v) is 5.35. The third kappa shape index (κ3) is 4.78. The van der Waals surface area contributed by atoms with E-state index in [9.17, 15) is 4.79 Å². The summed E-state index contributed by atoms with van der Waals surface area (Å²) in [6.45, 7) is 2.08. The number of para-hydroxylation sites is 1. The molecule has 1 saturated heterocycles. The second-order valence-corrected chi connectivity index (χ2v) is 7.65. The van der Waals surface area contributed by atoms with Crippen molar-refractivity contribution in [1.29, 1.82) is 0 Å². The molecule has 1 atom stereocenters. The second-order valence-electron chi connectivity index (χ2n) is 7.65. The highest BCUT2D eigenvalue weighted by Crippen LogP contribution is 2.24. The fourth-order valence-electron chi connectivity index (χ4n) is 3.54. The number of hydrogen-bond donors (Lipinski definition) is 1. The first-order valence-corrected chi connectivity index (χ1v) is 10.1. The van der Waals surface area contributed by atoms with E-state index in [1.54, 1.807) is 12.1 Å². The topological polar surface area (TPSA) is 57.7 Å². The van der Waals surface area contributed by atoms with Gasteiger partial charge in [-0.05, 0) is 63.0 Å². The van der Waals surface area contributed by atoms with E-state index < -0.39 is 0 Å². The molecule has 1 N–H and O–H groups in total. The van der Waals surface area contributed by atoms with Gasteiger partial charge in [0.15, 0.2) is 0 Å². The molecule has 30 heavy (non-hydrogen) atoms. The number of pyridine rings is 1. The molecular formula is C24H26N4O2. The molecule has 1 aliphatic heterocycles. The molecule has 0 radical (unpaired) electrons. The van der Waals surface area contributed by atoms with E-state index in [0.717, 1.165) is 18.8 Å². The molecule has 3 aromatic rings. The number of anilines is 2. The predicted octanol–water partition coefficient (Wildman–Crippen LogP) is 4.27. The molecule has 4 rings (SSSR count). The fourth-order valence-corrected chi connectivity index (χ4v) is 3.54. The van der Waals surface area contributed by atoms with Crippen molar-refractivity contribution in [2.45, 2.75) is 12.5 Å². The Kier molecular flexibility index (Phi) is 5.95. The zero-order valence-electron chi connectivity index (χ0n) is 17.3. The van der Waals surface area contributed by atoms with Crippen molar-refractivity contribution in [3.8, 4) is 11.6 Å². The van der Waals surface area contributed by atoms with Crippen LogP contribution in [0.3, 0.4) is 0 Å². The van der Waals surface area contributed by atoms with Crippen LogP contribution in [-0.4, -0.2) is 49.0 Å². The third-order valence-electron chi connectivity index (χ3n) is 5.35. The van der Waals surface area contributed by atoms with Crippen molar-refractivity contribution in [2.75, 3.05) is 37.4 Å². The number of carbonyl (C=O) groups excluding carboxylic acids is 1. The van der Waals surface area contributed by atoms with Crippen molar-refractivity contribution in [3.63, 3.8) is 0 Å². The molecule has 0 aliphatic carbocycles. The smallest absolute Gasteiger partial charge is 0.257 e. The summed E-state index contributed by atoms with van der Waals surface area (Å²) in [6.07, 6.45) is 2.69. The fraction of sp³-hybridized carbons (Fsp3) is 0.250. The Labute approximate surface area is 177 Å². The molecular weight excluding hydrogens is 376 g/mol. The predicted molar refractivity (Wildman–Crippen MR) is 119 cm³/mol. The quantitative estimate of drug-likeness (QED) is 0.667. The number of carbonyl (C=O) groups is 1. The number of benzene rings is 2. The molecule has 1 aromatic heterocycles. The van der Waals surface area contributed by atoms with Crippen LogP contribution in [-0.2, 0) is 0 Å². The van der Waals surface area contributed by atoms with E-state index >= 15 is 0 Å². The van der Waals surface area contributed by atoms with Crippen molar-refractivity contribution in [3.05, 3.63) is 78.5 Å². The van der Waals surface area contributed by atoms with Gasteiger partial charge in [-0.15, -0.1) is 0 Å². The van der Waals surface area contributed by atoms with Crippen LogP contribution in [0, 0.1) is 0 Å². The Balaban J connectivity index is 1.34. The number of rotatable bonds is 6. The summed E-state index contributed by atoms with van der Waals surface area (Å²) >= 11 is 0. The van der Waals surface area contributed by atoms with Gasteiger partial charge in [-0.1, -0.05) is 18.2 Å². The van der Waals surface area contributed by atoms with Gasteiger partial charge in [-0.2, -0.15) is 0 Å².